The molecule has 0 spiro atoms. The molecule has 0 radical (unpaired) electrons. The van der Waals surface area contributed by atoms with Gasteiger partial charge in [0.05, 0.1) is 0 Å². The number of hydrogen-bond acceptors (Lipinski definition) is 4. The molecule has 0 amide bonds. The highest BCUT2D eigenvalue weighted by atomic mass is 32.2. The van der Waals surface area contributed by atoms with Crippen LogP contribution in [0, 0.1) is 0 Å². The number of carbonyl (C=O) groups is 1. The molecular formula is C6H7F3O5S. The monoisotopic (exact) mass is 248 g/mol. The third-order valence-electron chi connectivity index (χ3n) is 1.12. The van der Waals surface area contributed by atoms with Gasteiger partial charge in [0.1, 0.15) is 0 Å². The molecule has 15 heavy (non-hydrogen) atoms. The van der Waals surface area contributed by atoms with Gasteiger partial charge in [-0.15, -0.1) is 0 Å². The summed E-state index contributed by atoms with van der Waals surface area (Å²) in [6.07, 6.45) is 0. The smallest absolute Gasteiger partial charge is 0.475 e. The van der Waals surface area contributed by atoms with E-state index in [1.807, 2.05) is 0 Å². The first-order chi connectivity index (χ1) is 6.49. The van der Waals surface area contributed by atoms with Crippen molar-refractivity contribution in [3.63, 3.8) is 0 Å². The second-order valence-electron chi connectivity index (χ2n) is 2.62. The molecule has 0 aromatic carbocycles. The molecule has 0 aromatic rings. The first-order valence-electron chi connectivity index (χ1n) is 3.40. The van der Waals surface area contributed by atoms with Gasteiger partial charge in [-0.1, -0.05) is 0 Å². The van der Waals surface area contributed by atoms with Gasteiger partial charge >= 0.3 is 21.6 Å². The Morgan fingerprint density at radius 1 is 1.27 bits per heavy atom. The van der Waals surface area contributed by atoms with Crippen molar-refractivity contribution >= 4 is 16.1 Å². The number of hydrogen-bond donors (Lipinski definition) is 1. The molecule has 0 saturated carbocycles. The first-order valence-corrected chi connectivity index (χ1v) is 4.81. The minimum absolute atomic E-state index is 0.199. The summed E-state index contributed by atoms with van der Waals surface area (Å²) in [5, 5.41) is 8.36. The number of allylic oxidation sites excluding steroid dienone is 1. The Balaban J connectivity index is 5.22. The van der Waals surface area contributed by atoms with E-state index in [4.69, 9.17) is 5.11 Å². The largest absolute Gasteiger partial charge is 0.534 e. The van der Waals surface area contributed by atoms with Crippen molar-refractivity contribution in [3.05, 3.63) is 11.3 Å². The summed E-state index contributed by atoms with van der Waals surface area (Å²) in [6, 6.07) is 0. The SMILES string of the molecule is CC(C)=C(OS(=O)(=O)C(F)(F)F)C(=O)O. The van der Waals surface area contributed by atoms with Crippen molar-refractivity contribution in [1.29, 1.82) is 0 Å². The molecule has 0 aliphatic rings. The lowest BCUT2D eigenvalue weighted by Gasteiger charge is -2.10. The lowest BCUT2D eigenvalue weighted by Crippen LogP contribution is -2.27. The van der Waals surface area contributed by atoms with Crippen LogP contribution in [-0.2, 0) is 19.1 Å². The average Bonchev–Trinajstić information content (AvgIpc) is 1.96. The van der Waals surface area contributed by atoms with Crippen molar-refractivity contribution in [2.24, 2.45) is 0 Å². The van der Waals surface area contributed by atoms with Gasteiger partial charge in [-0.05, 0) is 19.4 Å². The topological polar surface area (TPSA) is 80.7 Å². The van der Waals surface area contributed by atoms with E-state index in [1.54, 1.807) is 0 Å². The lowest BCUT2D eigenvalue weighted by atomic mass is 10.3. The highest BCUT2D eigenvalue weighted by Crippen LogP contribution is 2.27. The average molecular weight is 248 g/mol. The zero-order valence-corrected chi connectivity index (χ0v) is 8.44. The summed E-state index contributed by atoms with van der Waals surface area (Å²) in [5.74, 6) is -3.14. The zero-order chi connectivity index (χ0) is 12.4. The highest BCUT2D eigenvalue weighted by molar-refractivity contribution is 7.87. The Morgan fingerprint density at radius 2 is 1.67 bits per heavy atom. The van der Waals surface area contributed by atoms with Crippen molar-refractivity contribution in [3.8, 4) is 0 Å². The Labute approximate surface area is 83.3 Å². The van der Waals surface area contributed by atoms with Gasteiger partial charge in [0.15, 0.2) is 0 Å². The Kier molecular flexibility index (Phi) is 3.75. The maximum absolute atomic E-state index is 11.8. The Morgan fingerprint density at radius 3 is 1.87 bits per heavy atom. The normalized spacial score (nSPS) is 12.1. The van der Waals surface area contributed by atoms with Crippen molar-refractivity contribution in [1.82, 2.24) is 0 Å². The molecule has 0 bridgehead atoms. The van der Waals surface area contributed by atoms with E-state index in [9.17, 15) is 26.4 Å². The summed E-state index contributed by atoms with van der Waals surface area (Å²) < 4.78 is 59.7. The molecule has 0 unspecified atom stereocenters. The predicted octanol–water partition coefficient (Wildman–Crippen LogP) is 1.23. The fourth-order valence-electron chi connectivity index (χ4n) is 0.490. The van der Waals surface area contributed by atoms with Crippen LogP contribution in [0.3, 0.4) is 0 Å². The molecule has 0 saturated heterocycles. The van der Waals surface area contributed by atoms with Crippen LogP contribution in [0.15, 0.2) is 11.3 Å². The summed E-state index contributed by atoms with van der Waals surface area (Å²) in [5.41, 5.74) is -5.85. The Hall–Kier alpha value is -1.25. The standard InChI is InChI=1S/C6H7F3O5S/c1-3(2)4(5(10)11)14-15(12,13)6(7,8)9/h1-2H3,(H,10,11). The summed E-state index contributed by atoms with van der Waals surface area (Å²) >= 11 is 0. The number of alkyl halides is 3. The third kappa shape index (κ3) is 3.42. The molecule has 0 rings (SSSR count). The fraction of sp³-hybridized carbons (Fsp3) is 0.500. The molecule has 0 fully saturated rings. The van der Waals surface area contributed by atoms with Gasteiger partial charge in [0.2, 0.25) is 5.76 Å². The highest BCUT2D eigenvalue weighted by Gasteiger charge is 2.49. The summed E-state index contributed by atoms with van der Waals surface area (Å²) in [4.78, 5) is 10.3. The summed E-state index contributed by atoms with van der Waals surface area (Å²) in [7, 11) is -5.93. The van der Waals surface area contributed by atoms with Crippen LogP contribution in [0.4, 0.5) is 13.2 Å². The van der Waals surface area contributed by atoms with Gasteiger partial charge in [-0.25, -0.2) is 4.79 Å². The van der Waals surface area contributed by atoms with Gasteiger partial charge < -0.3 is 9.29 Å². The zero-order valence-electron chi connectivity index (χ0n) is 7.62. The van der Waals surface area contributed by atoms with Crippen LogP contribution in [0.5, 0.6) is 0 Å². The van der Waals surface area contributed by atoms with Crippen LogP contribution in [0.1, 0.15) is 13.8 Å². The molecule has 0 aliphatic heterocycles. The second-order valence-corrected chi connectivity index (χ2v) is 4.16. The number of carboxylic acid groups (broad SMARTS) is 1. The molecule has 5 nitrogen and oxygen atoms in total. The molecule has 0 aromatic heterocycles. The molecule has 1 N–H and O–H groups in total. The van der Waals surface area contributed by atoms with Crippen LogP contribution in [-0.4, -0.2) is 25.0 Å². The van der Waals surface area contributed by atoms with E-state index in [1.165, 1.54) is 0 Å². The fourth-order valence-corrected chi connectivity index (χ4v) is 1.04. The molecule has 0 atom stereocenters. The number of halogens is 3. The number of rotatable bonds is 3. The van der Waals surface area contributed by atoms with Crippen LogP contribution < -0.4 is 0 Å². The maximum atomic E-state index is 11.8. The van der Waals surface area contributed by atoms with Crippen LogP contribution in [0.25, 0.3) is 0 Å². The number of aliphatic carboxylic acids is 1. The van der Waals surface area contributed by atoms with Crippen molar-refractivity contribution < 1.29 is 35.7 Å². The van der Waals surface area contributed by atoms with Crippen LogP contribution in [0.2, 0.25) is 0 Å². The van der Waals surface area contributed by atoms with Gasteiger partial charge in [0.25, 0.3) is 0 Å². The minimum atomic E-state index is -5.93. The predicted molar refractivity (Wildman–Crippen MR) is 42.1 cm³/mol. The van der Waals surface area contributed by atoms with Crippen LogP contribution >= 0.6 is 0 Å². The summed E-state index contributed by atoms with van der Waals surface area (Å²) in [6.45, 7) is 2.21. The molecule has 0 aliphatic carbocycles. The van der Waals surface area contributed by atoms with Crippen molar-refractivity contribution in [2.45, 2.75) is 19.4 Å². The second kappa shape index (κ2) is 4.09. The van der Waals surface area contributed by atoms with Gasteiger partial charge in [0, 0.05) is 0 Å². The maximum Gasteiger partial charge on any atom is 0.534 e. The first kappa shape index (κ1) is 13.8. The van der Waals surface area contributed by atoms with Gasteiger partial charge in [-0.2, -0.15) is 21.6 Å². The molecule has 88 valence electrons. The molecular weight excluding hydrogens is 241 g/mol. The quantitative estimate of drug-likeness (QED) is 0.351. The van der Waals surface area contributed by atoms with E-state index < -0.39 is 27.4 Å². The third-order valence-corrected chi connectivity index (χ3v) is 2.08. The van der Waals surface area contributed by atoms with E-state index >= 15 is 0 Å². The number of carboxylic acids is 1. The minimum Gasteiger partial charge on any atom is -0.475 e. The van der Waals surface area contributed by atoms with E-state index in [2.05, 4.69) is 4.18 Å². The van der Waals surface area contributed by atoms with E-state index in [0.29, 0.717) is 0 Å². The van der Waals surface area contributed by atoms with E-state index in [0.717, 1.165) is 13.8 Å². The lowest BCUT2D eigenvalue weighted by molar-refractivity contribution is -0.135. The molecule has 9 heteroatoms. The molecule has 0 heterocycles. The van der Waals surface area contributed by atoms with Gasteiger partial charge in [-0.3, -0.25) is 0 Å². The van der Waals surface area contributed by atoms with Crippen molar-refractivity contribution in [2.75, 3.05) is 0 Å². The Bertz CT molecular complexity index is 387. The van der Waals surface area contributed by atoms with E-state index in [-0.39, 0.29) is 5.57 Å².